The van der Waals surface area contributed by atoms with Crippen molar-refractivity contribution in [2.75, 3.05) is 20.8 Å². The van der Waals surface area contributed by atoms with Crippen LogP contribution in [-0.2, 0) is 27.3 Å². The van der Waals surface area contributed by atoms with Crippen LogP contribution >= 0.6 is 0 Å². The lowest BCUT2D eigenvalue weighted by Crippen LogP contribution is -2.46. The van der Waals surface area contributed by atoms with Crippen LogP contribution in [0.2, 0.25) is 0 Å². The molecule has 1 atom stereocenters. The molecule has 1 aromatic carbocycles. The van der Waals surface area contributed by atoms with Crippen LogP contribution in [0.4, 0.5) is 0 Å². The number of carbonyl (C=O) groups is 2. The average molecular weight is 359 g/mol. The molecule has 2 heterocycles. The van der Waals surface area contributed by atoms with Gasteiger partial charge in [0.25, 0.3) is 0 Å². The molecular formula is C20H25NO5. The highest BCUT2D eigenvalue weighted by molar-refractivity contribution is 5.88. The standard InChI is InChI=1S/C20H25NO5/c1-24-16-9-13-5-8-21(12-14(13)10-17(16)25-2)19(23)15-11-18(22)26-20(15)6-3-4-7-20/h9-10,15H,3-8,11-12H2,1-2H3/t15-/m1/s1. The monoisotopic (exact) mass is 359 g/mol. The van der Waals surface area contributed by atoms with Gasteiger partial charge in [-0.3, -0.25) is 9.59 Å². The predicted molar refractivity (Wildman–Crippen MR) is 94.1 cm³/mol. The molecule has 3 aliphatic rings. The summed E-state index contributed by atoms with van der Waals surface area (Å²) in [6.07, 6.45) is 4.66. The molecular weight excluding hydrogens is 334 g/mol. The number of carbonyl (C=O) groups excluding carboxylic acids is 2. The van der Waals surface area contributed by atoms with E-state index in [1.54, 1.807) is 14.2 Å². The highest BCUT2D eigenvalue weighted by Gasteiger charge is 2.54. The number of methoxy groups -OCH3 is 2. The molecule has 4 rings (SSSR count). The zero-order valence-electron chi connectivity index (χ0n) is 15.4. The topological polar surface area (TPSA) is 65.1 Å². The number of rotatable bonds is 3. The first-order valence-corrected chi connectivity index (χ1v) is 9.31. The first-order chi connectivity index (χ1) is 12.6. The van der Waals surface area contributed by atoms with Gasteiger partial charge in [-0.05, 0) is 55.4 Å². The van der Waals surface area contributed by atoms with Crippen molar-refractivity contribution in [1.29, 1.82) is 0 Å². The van der Waals surface area contributed by atoms with E-state index in [2.05, 4.69) is 0 Å². The molecule has 1 saturated heterocycles. The van der Waals surface area contributed by atoms with E-state index >= 15 is 0 Å². The van der Waals surface area contributed by atoms with Crippen molar-refractivity contribution >= 4 is 11.9 Å². The highest BCUT2D eigenvalue weighted by Crippen LogP contribution is 2.46. The Morgan fingerprint density at radius 2 is 1.81 bits per heavy atom. The molecule has 2 fully saturated rings. The SMILES string of the molecule is COc1cc2c(cc1OC)CN(C(=O)[C@H]1CC(=O)OC13CCCC3)CC2. The third kappa shape index (κ3) is 2.72. The largest absolute Gasteiger partial charge is 0.493 e. The summed E-state index contributed by atoms with van der Waals surface area (Å²) in [5.74, 6) is 0.879. The lowest BCUT2D eigenvalue weighted by molar-refractivity contribution is -0.152. The number of fused-ring (bicyclic) bond motifs is 1. The van der Waals surface area contributed by atoms with Gasteiger partial charge in [-0.15, -0.1) is 0 Å². The second-order valence-corrected chi connectivity index (χ2v) is 7.49. The lowest BCUT2D eigenvalue weighted by atomic mass is 9.84. The molecule has 6 heteroatoms. The summed E-state index contributed by atoms with van der Waals surface area (Å²) < 4.78 is 16.4. The van der Waals surface area contributed by atoms with Crippen molar-refractivity contribution in [3.05, 3.63) is 23.3 Å². The molecule has 0 bridgehead atoms. The van der Waals surface area contributed by atoms with Crippen molar-refractivity contribution in [1.82, 2.24) is 4.90 Å². The van der Waals surface area contributed by atoms with Gasteiger partial charge in [0.1, 0.15) is 5.60 Å². The van der Waals surface area contributed by atoms with Crippen LogP contribution in [0.3, 0.4) is 0 Å². The minimum absolute atomic E-state index is 0.0539. The average Bonchev–Trinajstić information content (AvgIpc) is 3.25. The highest BCUT2D eigenvalue weighted by atomic mass is 16.6. The molecule has 0 N–H and O–H groups in total. The van der Waals surface area contributed by atoms with E-state index in [-0.39, 0.29) is 24.2 Å². The normalized spacial score (nSPS) is 23.7. The first kappa shape index (κ1) is 17.2. The summed E-state index contributed by atoms with van der Waals surface area (Å²) in [5.41, 5.74) is 1.71. The molecule has 1 spiro atoms. The van der Waals surface area contributed by atoms with Crippen LogP contribution in [0.15, 0.2) is 12.1 Å². The second-order valence-electron chi connectivity index (χ2n) is 7.49. The Balaban J connectivity index is 1.56. The number of ether oxygens (including phenoxy) is 3. The van der Waals surface area contributed by atoms with Gasteiger partial charge in [-0.2, -0.15) is 0 Å². The zero-order chi connectivity index (χ0) is 18.3. The molecule has 0 radical (unpaired) electrons. The second kappa shape index (κ2) is 6.49. The quantitative estimate of drug-likeness (QED) is 0.776. The third-order valence-electron chi connectivity index (χ3n) is 6.10. The number of benzene rings is 1. The molecule has 6 nitrogen and oxygen atoms in total. The minimum Gasteiger partial charge on any atom is -0.493 e. The molecule has 0 unspecified atom stereocenters. The van der Waals surface area contributed by atoms with Crippen LogP contribution < -0.4 is 9.47 Å². The van der Waals surface area contributed by atoms with E-state index in [1.165, 1.54) is 5.56 Å². The molecule has 26 heavy (non-hydrogen) atoms. The smallest absolute Gasteiger partial charge is 0.307 e. The van der Waals surface area contributed by atoms with Crippen LogP contribution in [0.25, 0.3) is 0 Å². The van der Waals surface area contributed by atoms with Gasteiger partial charge < -0.3 is 19.1 Å². The fourth-order valence-electron chi connectivity index (χ4n) is 4.72. The first-order valence-electron chi connectivity index (χ1n) is 9.31. The molecule has 1 aliphatic carbocycles. The van der Waals surface area contributed by atoms with E-state index < -0.39 is 5.60 Å². The van der Waals surface area contributed by atoms with Gasteiger partial charge >= 0.3 is 5.97 Å². The van der Waals surface area contributed by atoms with Crippen molar-refractivity contribution in [2.45, 2.75) is 50.7 Å². The van der Waals surface area contributed by atoms with Gasteiger partial charge in [0, 0.05) is 13.1 Å². The van der Waals surface area contributed by atoms with E-state index in [0.29, 0.717) is 24.6 Å². The number of amides is 1. The van der Waals surface area contributed by atoms with Crippen molar-refractivity contribution < 1.29 is 23.8 Å². The Kier molecular flexibility index (Phi) is 4.29. The summed E-state index contributed by atoms with van der Waals surface area (Å²) in [6.45, 7) is 1.19. The molecule has 2 aliphatic heterocycles. The van der Waals surface area contributed by atoms with Gasteiger partial charge in [0.05, 0.1) is 26.6 Å². The predicted octanol–water partition coefficient (Wildman–Crippen LogP) is 2.46. The fraction of sp³-hybridized carbons (Fsp3) is 0.600. The summed E-state index contributed by atoms with van der Waals surface area (Å²) in [5, 5.41) is 0. The van der Waals surface area contributed by atoms with Gasteiger partial charge in [-0.25, -0.2) is 0 Å². The summed E-state index contributed by atoms with van der Waals surface area (Å²) >= 11 is 0. The molecule has 1 aromatic rings. The summed E-state index contributed by atoms with van der Waals surface area (Å²) in [4.78, 5) is 27.0. The molecule has 0 aromatic heterocycles. The summed E-state index contributed by atoms with van der Waals surface area (Å²) in [6, 6.07) is 3.95. The van der Waals surface area contributed by atoms with Crippen LogP contribution in [0.5, 0.6) is 11.5 Å². The van der Waals surface area contributed by atoms with Crippen LogP contribution in [-0.4, -0.2) is 43.1 Å². The zero-order valence-corrected chi connectivity index (χ0v) is 15.4. The van der Waals surface area contributed by atoms with Crippen molar-refractivity contribution in [3.63, 3.8) is 0 Å². The van der Waals surface area contributed by atoms with E-state index in [1.807, 2.05) is 17.0 Å². The Labute approximate surface area is 153 Å². The molecule has 140 valence electrons. The number of hydrogen-bond donors (Lipinski definition) is 0. The maximum atomic E-state index is 13.2. The fourth-order valence-corrected chi connectivity index (χ4v) is 4.72. The Bertz CT molecular complexity index is 738. The Morgan fingerprint density at radius 3 is 2.46 bits per heavy atom. The maximum Gasteiger partial charge on any atom is 0.307 e. The van der Waals surface area contributed by atoms with E-state index in [9.17, 15) is 9.59 Å². The third-order valence-corrected chi connectivity index (χ3v) is 6.10. The number of hydrogen-bond acceptors (Lipinski definition) is 5. The summed E-state index contributed by atoms with van der Waals surface area (Å²) in [7, 11) is 3.24. The number of nitrogens with zero attached hydrogens (tertiary/aromatic N) is 1. The number of esters is 1. The van der Waals surface area contributed by atoms with Crippen LogP contribution in [0.1, 0.15) is 43.2 Å². The van der Waals surface area contributed by atoms with E-state index in [4.69, 9.17) is 14.2 Å². The minimum atomic E-state index is -0.550. The Hall–Kier alpha value is -2.24. The van der Waals surface area contributed by atoms with Crippen LogP contribution in [0, 0.1) is 5.92 Å². The van der Waals surface area contributed by atoms with Gasteiger partial charge in [-0.1, -0.05) is 0 Å². The molecule has 1 saturated carbocycles. The van der Waals surface area contributed by atoms with Gasteiger partial charge in [0.15, 0.2) is 11.5 Å². The van der Waals surface area contributed by atoms with Crippen molar-refractivity contribution in [3.8, 4) is 11.5 Å². The molecule has 1 amide bonds. The van der Waals surface area contributed by atoms with Gasteiger partial charge in [0.2, 0.25) is 5.91 Å². The van der Waals surface area contributed by atoms with E-state index in [0.717, 1.165) is 37.7 Å². The maximum absolute atomic E-state index is 13.2. The van der Waals surface area contributed by atoms with Crippen molar-refractivity contribution in [2.24, 2.45) is 5.92 Å². The Morgan fingerprint density at radius 1 is 1.15 bits per heavy atom. The lowest BCUT2D eigenvalue weighted by Gasteiger charge is -2.35.